The van der Waals surface area contributed by atoms with Gasteiger partial charge in [-0.25, -0.2) is 0 Å². The van der Waals surface area contributed by atoms with Crippen molar-refractivity contribution in [3.8, 4) is 0 Å². The van der Waals surface area contributed by atoms with E-state index in [0.717, 1.165) is 45.0 Å². The first-order valence-corrected chi connectivity index (χ1v) is 8.97. The molecule has 0 atom stereocenters. The molecule has 2 rings (SSSR count). The van der Waals surface area contributed by atoms with Crippen molar-refractivity contribution in [3.05, 3.63) is 35.9 Å². The zero-order chi connectivity index (χ0) is 16.2. The van der Waals surface area contributed by atoms with Gasteiger partial charge in [-0.05, 0) is 37.7 Å². The Balaban J connectivity index is 0.00000288. The second kappa shape index (κ2) is 13.5. The zero-order valence-electron chi connectivity index (χ0n) is 14.8. The van der Waals surface area contributed by atoms with Crippen LogP contribution < -0.4 is 10.6 Å². The van der Waals surface area contributed by atoms with Gasteiger partial charge in [0.1, 0.15) is 0 Å². The largest absolute Gasteiger partial charge is 0.381 e. The first-order valence-electron chi connectivity index (χ1n) is 8.97. The Morgan fingerprint density at radius 1 is 1.12 bits per heavy atom. The van der Waals surface area contributed by atoms with Gasteiger partial charge in [-0.15, -0.1) is 24.0 Å². The van der Waals surface area contributed by atoms with Crippen molar-refractivity contribution in [2.75, 3.05) is 26.8 Å². The molecule has 24 heavy (non-hydrogen) atoms. The topological polar surface area (TPSA) is 45.7 Å². The molecule has 1 aromatic carbocycles. The number of nitrogens with zero attached hydrogens (tertiary/aromatic N) is 1. The Hall–Kier alpha value is -0.820. The molecular formula is C19H32IN3O. The molecule has 1 fully saturated rings. The van der Waals surface area contributed by atoms with E-state index in [0.29, 0.717) is 6.04 Å². The molecule has 0 spiro atoms. The lowest BCUT2D eigenvalue weighted by atomic mass is 10.2. The summed E-state index contributed by atoms with van der Waals surface area (Å²) in [4.78, 5) is 4.30. The van der Waals surface area contributed by atoms with Gasteiger partial charge in [0.2, 0.25) is 0 Å². The van der Waals surface area contributed by atoms with Gasteiger partial charge in [-0.3, -0.25) is 4.99 Å². The van der Waals surface area contributed by atoms with Crippen LogP contribution in [0.5, 0.6) is 0 Å². The fourth-order valence-corrected chi connectivity index (χ4v) is 2.93. The predicted molar refractivity (Wildman–Crippen MR) is 112 cm³/mol. The summed E-state index contributed by atoms with van der Waals surface area (Å²) in [6.45, 7) is 2.60. The van der Waals surface area contributed by atoms with E-state index in [1.807, 2.05) is 13.1 Å². The highest BCUT2D eigenvalue weighted by atomic mass is 127. The Kier molecular flexibility index (Phi) is 11.9. The van der Waals surface area contributed by atoms with Crippen molar-refractivity contribution in [3.63, 3.8) is 0 Å². The molecule has 0 bridgehead atoms. The molecule has 0 amide bonds. The van der Waals surface area contributed by atoms with E-state index in [4.69, 9.17) is 4.74 Å². The molecule has 1 aliphatic carbocycles. The third kappa shape index (κ3) is 8.87. The standard InChI is InChI=1S/C19H31N3O.HI/c1-20-19(22-18-11-5-6-12-18)21-14-7-8-15-23-16-13-17-9-3-2-4-10-17;/h2-4,9-10,18H,5-8,11-16H2,1H3,(H2,20,21,22);1H. The van der Waals surface area contributed by atoms with E-state index in [-0.39, 0.29) is 24.0 Å². The molecule has 0 unspecified atom stereocenters. The summed E-state index contributed by atoms with van der Waals surface area (Å²) in [6, 6.07) is 11.1. The maximum atomic E-state index is 5.70. The van der Waals surface area contributed by atoms with Crippen LogP contribution in [0.15, 0.2) is 35.3 Å². The van der Waals surface area contributed by atoms with Crippen molar-refractivity contribution in [2.45, 2.75) is 51.0 Å². The fraction of sp³-hybridized carbons (Fsp3) is 0.632. The van der Waals surface area contributed by atoms with Gasteiger partial charge in [0, 0.05) is 26.2 Å². The number of nitrogens with one attached hydrogen (secondary N) is 2. The van der Waals surface area contributed by atoms with Crippen LogP contribution >= 0.6 is 24.0 Å². The minimum absolute atomic E-state index is 0. The minimum atomic E-state index is 0. The normalized spacial score (nSPS) is 15.1. The summed E-state index contributed by atoms with van der Waals surface area (Å²) in [6.07, 6.45) is 8.42. The Morgan fingerprint density at radius 2 is 1.88 bits per heavy atom. The average molecular weight is 445 g/mol. The Labute approximate surface area is 163 Å². The second-order valence-corrected chi connectivity index (χ2v) is 6.18. The summed E-state index contributed by atoms with van der Waals surface area (Å²) in [5.41, 5.74) is 1.34. The van der Waals surface area contributed by atoms with E-state index >= 15 is 0 Å². The van der Waals surface area contributed by atoms with Crippen LogP contribution in [0, 0.1) is 0 Å². The molecule has 4 nitrogen and oxygen atoms in total. The van der Waals surface area contributed by atoms with E-state index in [2.05, 4.69) is 39.9 Å². The third-order valence-corrected chi connectivity index (χ3v) is 4.31. The van der Waals surface area contributed by atoms with Crippen molar-refractivity contribution < 1.29 is 4.74 Å². The highest BCUT2D eigenvalue weighted by molar-refractivity contribution is 14.0. The molecule has 0 saturated heterocycles. The first kappa shape index (κ1) is 21.2. The van der Waals surface area contributed by atoms with Crippen molar-refractivity contribution >= 4 is 29.9 Å². The smallest absolute Gasteiger partial charge is 0.191 e. The van der Waals surface area contributed by atoms with Gasteiger partial charge >= 0.3 is 0 Å². The number of guanidine groups is 1. The predicted octanol–water partition coefficient (Wildman–Crippen LogP) is 3.75. The summed E-state index contributed by atoms with van der Waals surface area (Å²) in [7, 11) is 1.84. The maximum absolute atomic E-state index is 5.70. The summed E-state index contributed by atoms with van der Waals surface area (Å²) >= 11 is 0. The number of hydrogen-bond donors (Lipinski definition) is 2. The number of benzene rings is 1. The molecule has 1 aromatic rings. The van der Waals surface area contributed by atoms with Gasteiger partial charge in [0.25, 0.3) is 0 Å². The SMILES string of the molecule is CN=C(NCCCCOCCc1ccccc1)NC1CCCC1.I. The van der Waals surface area contributed by atoms with Gasteiger partial charge in [-0.1, -0.05) is 43.2 Å². The van der Waals surface area contributed by atoms with Crippen LogP contribution in [0.4, 0.5) is 0 Å². The zero-order valence-corrected chi connectivity index (χ0v) is 17.1. The lowest BCUT2D eigenvalue weighted by Crippen LogP contribution is -2.42. The molecular weight excluding hydrogens is 413 g/mol. The molecule has 1 saturated carbocycles. The van der Waals surface area contributed by atoms with Gasteiger partial charge < -0.3 is 15.4 Å². The van der Waals surface area contributed by atoms with Crippen LogP contribution in [-0.4, -0.2) is 38.8 Å². The molecule has 0 heterocycles. The number of ether oxygens (including phenoxy) is 1. The molecule has 0 aromatic heterocycles. The number of aliphatic imine (C=N–C) groups is 1. The molecule has 5 heteroatoms. The highest BCUT2D eigenvalue weighted by Gasteiger charge is 2.15. The van der Waals surface area contributed by atoms with Crippen LogP contribution in [-0.2, 0) is 11.2 Å². The van der Waals surface area contributed by atoms with Gasteiger partial charge in [0.05, 0.1) is 6.61 Å². The number of halogens is 1. The quantitative estimate of drug-likeness (QED) is 0.264. The van der Waals surface area contributed by atoms with E-state index in [9.17, 15) is 0 Å². The van der Waals surface area contributed by atoms with E-state index < -0.39 is 0 Å². The number of unbranched alkanes of at least 4 members (excludes halogenated alkanes) is 1. The lowest BCUT2D eigenvalue weighted by molar-refractivity contribution is 0.133. The minimum Gasteiger partial charge on any atom is -0.381 e. The molecule has 136 valence electrons. The third-order valence-electron chi connectivity index (χ3n) is 4.31. The maximum Gasteiger partial charge on any atom is 0.191 e. The van der Waals surface area contributed by atoms with E-state index in [1.54, 1.807) is 0 Å². The summed E-state index contributed by atoms with van der Waals surface area (Å²) in [5, 5.41) is 6.90. The van der Waals surface area contributed by atoms with Gasteiger partial charge in [-0.2, -0.15) is 0 Å². The average Bonchev–Trinajstić information content (AvgIpc) is 3.10. The van der Waals surface area contributed by atoms with Crippen LogP contribution in [0.2, 0.25) is 0 Å². The summed E-state index contributed by atoms with van der Waals surface area (Å²) in [5.74, 6) is 0.946. The van der Waals surface area contributed by atoms with Crippen molar-refractivity contribution in [1.29, 1.82) is 0 Å². The second-order valence-electron chi connectivity index (χ2n) is 6.18. The van der Waals surface area contributed by atoms with Gasteiger partial charge in [0.15, 0.2) is 5.96 Å². The van der Waals surface area contributed by atoms with Crippen LogP contribution in [0.1, 0.15) is 44.1 Å². The van der Waals surface area contributed by atoms with Crippen molar-refractivity contribution in [2.24, 2.45) is 4.99 Å². The monoisotopic (exact) mass is 445 g/mol. The van der Waals surface area contributed by atoms with E-state index in [1.165, 1.54) is 31.2 Å². The molecule has 0 radical (unpaired) electrons. The summed E-state index contributed by atoms with van der Waals surface area (Å²) < 4.78 is 5.70. The fourth-order valence-electron chi connectivity index (χ4n) is 2.93. The van der Waals surface area contributed by atoms with Crippen molar-refractivity contribution in [1.82, 2.24) is 10.6 Å². The van der Waals surface area contributed by atoms with Crippen LogP contribution in [0.3, 0.4) is 0 Å². The Bertz CT molecular complexity index is 447. The van der Waals surface area contributed by atoms with Crippen LogP contribution in [0.25, 0.3) is 0 Å². The first-order chi connectivity index (χ1) is 11.4. The Morgan fingerprint density at radius 3 is 2.58 bits per heavy atom. The molecule has 0 aliphatic heterocycles. The number of rotatable bonds is 9. The molecule has 1 aliphatic rings. The lowest BCUT2D eigenvalue weighted by Gasteiger charge is -2.16. The number of hydrogen-bond acceptors (Lipinski definition) is 2. The highest BCUT2D eigenvalue weighted by Crippen LogP contribution is 2.17. The molecule has 2 N–H and O–H groups in total.